The second-order valence-corrected chi connectivity index (χ2v) is 6.13. The standard InChI is InChI=1S/C15H27N3O2/c1-12-14(13(2)17-16-12)9-18-7-4-5-15(10-18,11-19)6-8-20-3/h19H,4-11H2,1-3H3,(H,16,17)/t15-/m0/s1. The maximum absolute atomic E-state index is 9.82. The molecule has 5 heteroatoms. The molecule has 1 aliphatic rings. The zero-order valence-corrected chi connectivity index (χ0v) is 12.9. The van der Waals surface area contributed by atoms with Gasteiger partial charge in [0, 0.05) is 43.5 Å². The van der Waals surface area contributed by atoms with Crippen molar-refractivity contribution in [3.63, 3.8) is 0 Å². The molecule has 0 amide bonds. The van der Waals surface area contributed by atoms with E-state index in [-0.39, 0.29) is 12.0 Å². The molecule has 20 heavy (non-hydrogen) atoms. The predicted molar refractivity (Wildman–Crippen MR) is 78.6 cm³/mol. The van der Waals surface area contributed by atoms with E-state index in [9.17, 15) is 5.11 Å². The molecule has 0 saturated carbocycles. The SMILES string of the molecule is COCC[C@@]1(CO)CCCN(Cc2c(C)n[nH]c2C)C1. The molecule has 1 atom stereocenters. The summed E-state index contributed by atoms with van der Waals surface area (Å²) < 4.78 is 5.21. The molecule has 1 saturated heterocycles. The lowest BCUT2D eigenvalue weighted by Crippen LogP contribution is -2.45. The highest BCUT2D eigenvalue weighted by molar-refractivity contribution is 5.23. The zero-order valence-electron chi connectivity index (χ0n) is 12.9. The summed E-state index contributed by atoms with van der Waals surface area (Å²) >= 11 is 0. The first kappa shape index (κ1) is 15.5. The maximum atomic E-state index is 9.82. The van der Waals surface area contributed by atoms with Crippen LogP contribution in [0, 0.1) is 19.3 Å². The Morgan fingerprint density at radius 1 is 1.45 bits per heavy atom. The van der Waals surface area contributed by atoms with E-state index in [0.717, 1.165) is 56.9 Å². The second-order valence-electron chi connectivity index (χ2n) is 6.13. The van der Waals surface area contributed by atoms with Gasteiger partial charge in [0.05, 0.1) is 12.3 Å². The zero-order chi connectivity index (χ0) is 14.6. The van der Waals surface area contributed by atoms with Crippen molar-refractivity contribution >= 4 is 0 Å². The van der Waals surface area contributed by atoms with Gasteiger partial charge >= 0.3 is 0 Å². The number of rotatable bonds is 6. The molecule has 2 N–H and O–H groups in total. The lowest BCUT2D eigenvalue weighted by atomic mass is 9.78. The molecular formula is C15H27N3O2. The molecular weight excluding hydrogens is 254 g/mol. The first-order valence-electron chi connectivity index (χ1n) is 7.43. The number of hydrogen-bond acceptors (Lipinski definition) is 4. The van der Waals surface area contributed by atoms with E-state index in [1.165, 1.54) is 5.56 Å². The van der Waals surface area contributed by atoms with E-state index in [0.29, 0.717) is 0 Å². The van der Waals surface area contributed by atoms with Crippen LogP contribution in [0.2, 0.25) is 0 Å². The molecule has 114 valence electrons. The minimum Gasteiger partial charge on any atom is -0.396 e. The second kappa shape index (κ2) is 6.70. The Morgan fingerprint density at radius 3 is 2.85 bits per heavy atom. The average Bonchev–Trinajstić information content (AvgIpc) is 2.77. The van der Waals surface area contributed by atoms with Crippen molar-refractivity contribution in [2.75, 3.05) is 33.4 Å². The lowest BCUT2D eigenvalue weighted by molar-refractivity contribution is 0.00465. The van der Waals surface area contributed by atoms with Gasteiger partial charge in [-0.3, -0.25) is 10.00 Å². The van der Waals surface area contributed by atoms with Crippen LogP contribution in [0.3, 0.4) is 0 Å². The summed E-state index contributed by atoms with van der Waals surface area (Å²) in [7, 11) is 1.73. The summed E-state index contributed by atoms with van der Waals surface area (Å²) in [5.74, 6) is 0. The van der Waals surface area contributed by atoms with Gasteiger partial charge < -0.3 is 9.84 Å². The normalized spacial score (nSPS) is 24.2. The first-order valence-corrected chi connectivity index (χ1v) is 7.43. The summed E-state index contributed by atoms with van der Waals surface area (Å²) in [6, 6.07) is 0. The Morgan fingerprint density at radius 2 is 2.25 bits per heavy atom. The molecule has 1 aliphatic heterocycles. The van der Waals surface area contributed by atoms with Gasteiger partial charge in [-0.05, 0) is 39.7 Å². The van der Waals surface area contributed by atoms with Crippen LogP contribution in [0.4, 0.5) is 0 Å². The minimum atomic E-state index is -0.000193. The minimum absolute atomic E-state index is 0.000193. The number of aromatic nitrogens is 2. The monoisotopic (exact) mass is 281 g/mol. The highest BCUT2D eigenvalue weighted by Crippen LogP contribution is 2.34. The number of nitrogens with zero attached hydrogens (tertiary/aromatic N) is 2. The number of nitrogens with one attached hydrogen (secondary N) is 1. The molecule has 5 nitrogen and oxygen atoms in total. The molecule has 0 spiro atoms. The Kier molecular flexibility index (Phi) is 5.18. The van der Waals surface area contributed by atoms with Gasteiger partial charge in [-0.2, -0.15) is 5.10 Å². The largest absolute Gasteiger partial charge is 0.396 e. The van der Waals surface area contributed by atoms with Crippen LogP contribution in [0.1, 0.15) is 36.2 Å². The summed E-state index contributed by atoms with van der Waals surface area (Å²) in [6.45, 7) is 8.05. The predicted octanol–water partition coefficient (Wildman–Crippen LogP) is 1.64. The van der Waals surface area contributed by atoms with Crippen molar-refractivity contribution in [1.82, 2.24) is 15.1 Å². The first-order chi connectivity index (χ1) is 9.60. The number of ether oxygens (including phenoxy) is 1. The van der Waals surface area contributed by atoms with Crippen molar-refractivity contribution in [2.45, 2.75) is 39.7 Å². The van der Waals surface area contributed by atoms with Crippen LogP contribution in [0.5, 0.6) is 0 Å². The van der Waals surface area contributed by atoms with Crippen LogP contribution in [0.25, 0.3) is 0 Å². The fraction of sp³-hybridized carbons (Fsp3) is 0.800. The molecule has 0 unspecified atom stereocenters. The number of likely N-dealkylation sites (tertiary alicyclic amines) is 1. The fourth-order valence-electron chi connectivity index (χ4n) is 3.21. The molecule has 2 rings (SSSR count). The number of aryl methyl sites for hydroxylation is 2. The highest BCUT2D eigenvalue weighted by atomic mass is 16.5. The van der Waals surface area contributed by atoms with Crippen molar-refractivity contribution in [2.24, 2.45) is 5.41 Å². The van der Waals surface area contributed by atoms with Gasteiger partial charge in [-0.1, -0.05) is 0 Å². The number of aromatic amines is 1. The van der Waals surface area contributed by atoms with Gasteiger partial charge in [-0.25, -0.2) is 0 Å². The third-order valence-corrected chi connectivity index (χ3v) is 4.57. The van der Waals surface area contributed by atoms with Crippen molar-refractivity contribution in [3.8, 4) is 0 Å². The number of H-pyrrole nitrogens is 1. The van der Waals surface area contributed by atoms with Crippen LogP contribution in [-0.4, -0.2) is 53.6 Å². The maximum Gasteiger partial charge on any atom is 0.0639 e. The van der Waals surface area contributed by atoms with Crippen molar-refractivity contribution in [3.05, 3.63) is 17.0 Å². The molecule has 0 radical (unpaired) electrons. The molecule has 0 bridgehead atoms. The third-order valence-electron chi connectivity index (χ3n) is 4.57. The number of methoxy groups -OCH3 is 1. The van der Waals surface area contributed by atoms with Gasteiger partial charge in [0.2, 0.25) is 0 Å². The molecule has 2 heterocycles. The van der Waals surface area contributed by atoms with E-state index in [4.69, 9.17) is 4.74 Å². The number of piperidine rings is 1. The molecule has 0 aromatic carbocycles. The number of aliphatic hydroxyl groups excluding tert-OH is 1. The van der Waals surface area contributed by atoms with Gasteiger partial charge in [0.15, 0.2) is 0 Å². The van der Waals surface area contributed by atoms with E-state index in [2.05, 4.69) is 22.0 Å². The van der Waals surface area contributed by atoms with Crippen LogP contribution in [0.15, 0.2) is 0 Å². The molecule has 1 fully saturated rings. The highest BCUT2D eigenvalue weighted by Gasteiger charge is 2.34. The smallest absolute Gasteiger partial charge is 0.0639 e. The average molecular weight is 281 g/mol. The molecule has 1 aromatic rings. The van der Waals surface area contributed by atoms with Crippen molar-refractivity contribution in [1.29, 1.82) is 0 Å². The van der Waals surface area contributed by atoms with Crippen LogP contribution < -0.4 is 0 Å². The molecule has 0 aliphatic carbocycles. The van der Waals surface area contributed by atoms with Gasteiger partial charge in [0.1, 0.15) is 0 Å². The van der Waals surface area contributed by atoms with Crippen LogP contribution >= 0.6 is 0 Å². The quantitative estimate of drug-likeness (QED) is 0.832. The molecule has 1 aromatic heterocycles. The van der Waals surface area contributed by atoms with E-state index in [1.54, 1.807) is 7.11 Å². The number of aliphatic hydroxyl groups is 1. The summed E-state index contributed by atoms with van der Waals surface area (Å²) in [5, 5.41) is 17.1. The Balaban J connectivity index is 2.02. The Hall–Kier alpha value is -0.910. The van der Waals surface area contributed by atoms with Gasteiger partial charge in [0.25, 0.3) is 0 Å². The summed E-state index contributed by atoms with van der Waals surface area (Å²) in [4.78, 5) is 2.44. The van der Waals surface area contributed by atoms with Gasteiger partial charge in [-0.15, -0.1) is 0 Å². The topological polar surface area (TPSA) is 61.4 Å². The lowest BCUT2D eigenvalue weighted by Gasteiger charge is -2.42. The third kappa shape index (κ3) is 3.40. The summed E-state index contributed by atoms with van der Waals surface area (Å²) in [6.07, 6.45) is 3.16. The van der Waals surface area contributed by atoms with Crippen molar-refractivity contribution < 1.29 is 9.84 Å². The Bertz CT molecular complexity index is 413. The van der Waals surface area contributed by atoms with E-state index in [1.807, 2.05) is 6.92 Å². The van der Waals surface area contributed by atoms with Crippen LogP contribution in [-0.2, 0) is 11.3 Å². The van der Waals surface area contributed by atoms with E-state index >= 15 is 0 Å². The fourth-order valence-corrected chi connectivity index (χ4v) is 3.21. The number of hydrogen-bond donors (Lipinski definition) is 2. The Labute approximate surface area is 121 Å². The van der Waals surface area contributed by atoms with E-state index < -0.39 is 0 Å². The summed E-state index contributed by atoms with van der Waals surface area (Å²) in [5.41, 5.74) is 3.53.